The van der Waals surface area contributed by atoms with Crippen LogP contribution in [0.5, 0.6) is 0 Å². The smallest absolute Gasteiger partial charge is 0.285 e. The monoisotopic (exact) mass is 265 g/mol. The summed E-state index contributed by atoms with van der Waals surface area (Å²) in [5.41, 5.74) is -0.163. The van der Waals surface area contributed by atoms with Gasteiger partial charge < -0.3 is 5.11 Å². The maximum atomic E-state index is 12.2. The van der Waals surface area contributed by atoms with Crippen molar-refractivity contribution >= 4 is 11.8 Å². The van der Waals surface area contributed by atoms with Crippen molar-refractivity contribution < 1.29 is 14.7 Å². The fourth-order valence-corrected chi connectivity index (χ4v) is 1.96. The van der Waals surface area contributed by atoms with Crippen molar-refractivity contribution in [2.45, 2.75) is 40.3 Å². The molecule has 1 aliphatic rings. The third kappa shape index (κ3) is 2.76. The van der Waals surface area contributed by atoms with Gasteiger partial charge in [-0.25, -0.2) is 5.01 Å². The van der Waals surface area contributed by atoms with Crippen molar-refractivity contribution in [3.05, 3.63) is 11.1 Å². The molecule has 0 saturated carbocycles. The Kier molecular flexibility index (Phi) is 4.01. The van der Waals surface area contributed by atoms with Crippen LogP contribution in [0.1, 0.15) is 34.1 Å². The lowest BCUT2D eigenvalue weighted by Crippen LogP contribution is -2.57. The van der Waals surface area contributed by atoms with Gasteiger partial charge in [0.25, 0.3) is 5.91 Å². The largest absolute Gasteiger partial charge is 0.371 e. The predicted molar refractivity (Wildman–Crippen MR) is 68.0 cm³/mol. The summed E-state index contributed by atoms with van der Waals surface area (Å²) in [6, 6.07) is 1.83. The Hall–Kier alpha value is -1.87. The third-order valence-electron chi connectivity index (χ3n) is 2.99. The zero-order chi connectivity index (χ0) is 15.0. The lowest BCUT2D eigenvalue weighted by atomic mass is 9.95. The lowest BCUT2D eigenvalue weighted by Gasteiger charge is -2.40. The van der Waals surface area contributed by atoms with E-state index in [-0.39, 0.29) is 17.9 Å². The van der Waals surface area contributed by atoms with Gasteiger partial charge in [-0.1, -0.05) is 20.8 Å². The van der Waals surface area contributed by atoms with Gasteiger partial charge in [0.15, 0.2) is 6.23 Å². The summed E-state index contributed by atoms with van der Waals surface area (Å²) in [4.78, 5) is 24.3. The molecule has 6 nitrogen and oxygen atoms in total. The molecule has 0 saturated heterocycles. The molecule has 2 amide bonds. The van der Waals surface area contributed by atoms with Crippen LogP contribution in [0.2, 0.25) is 0 Å². The van der Waals surface area contributed by atoms with Crippen LogP contribution in [0.15, 0.2) is 11.1 Å². The van der Waals surface area contributed by atoms with Crippen LogP contribution in [-0.2, 0) is 9.59 Å². The van der Waals surface area contributed by atoms with E-state index in [0.29, 0.717) is 5.57 Å². The molecule has 0 bridgehead atoms. The van der Waals surface area contributed by atoms with E-state index in [1.54, 1.807) is 27.7 Å². The van der Waals surface area contributed by atoms with Gasteiger partial charge >= 0.3 is 0 Å². The molecule has 0 fully saturated rings. The molecule has 1 aliphatic heterocycles. The first-order valence-corrected chi connectivity index (χ1v) is 6.00. The van der Waals surface area contributed by atoms with Gasteiger partial charge in [-0.3, -0.25) is 14.6 Å². The number of hydrazine groups is 1. The number of nitrogens with zero attached hydrogens (tertiary/aromatic N) is 3. The number of hydrogen-bond donors (Lipinski definition) is 1. The fraction of sp³-hybridized carbons (Fsp3) is 0.615. The zero-order valence-electron chi connectivity index (χ0n) is 11.9. The van der Waals surface area contributed by atoms with Gasteiger partial charge in [0.2, 0.25) is 5.91 Å². The average molecular weight is 265 g/mol. The van der Waals surface area contributed by atoms with Crippen LogP contribution in [0.25, 0.3) is 0 Å². The Morgan fingerprint density at radius 2 is 2.05 bits per heavy atom. The molecule has 0 aromatic rings. The van der Waals surface area contributed by atoms with Gasteiger partial charge in [0, 0.05) is 18.9 Å². The Morgan fingerprint density at radius 3 is 2.47 bits per heavy atom. The number of carbonyl (C=O) groups is 2. The first-order chi connectivity index (χ1) is 8.61. The Morgan fingerprint density at radius 1 is 1.53 bits per heavy atom. The second kappa shape index (κ2) is 5.02. The maximum Gasteiger partial charge on any atom is 0.285 e. The molecule has 0 aromatic carbocycles. The molecule has 0 aliphatic carbocycles. The average Bonchev–Trinajstić information content (AvgIpc) is 2.26. The summed E-state index contributed by atoms with van der Waals surface area (Å²) in [5.74, 6) is -0.949. The molecule has 0 aromatic heterocycles. The van der Waals surface area contributed by atoms with E-state index in [4.69, 9.17) is 5.26 Å². The van der Waals surface area contributed by atoms with Crippen LogP contribution in [-0.4, -0.2) is 40.2 Å². The summed E-state index contributed by atoms with van der Waals surface area (Å²) in [6.45, 7) is 6.79. The number of hydrogen-bond acceptors (Lipinski definition) is 4. The minimum atomic E-state index is -1.12. The van der Waals surface area contributed by atoms with E-state index in [1.807, 2.05) is 6.07 Å². The SMILES string of the molecule is CC1=C(C#N)C(=O)N(N(C)C(=O)C(C)(C)C)C(O)C1. The number of carbonyl (C=O) groups excluding carboxylic acids is 2. The van der Waals surface area contributed by atoms with Crippen LogP contribution in [0.4, 0.5) is 0 Å². The Labute approximate surface area is 112 Å². The highest BCUT2D eigenvalue weighted by molar-refractivity contribution is 6.00. The molecule has 6 heteroatoms. The van der Waals surface area contributed by atoms with Gasteiger partial charge in [-0.05, 0) is 12.5 Å². The highest BCUT2D eigenvalue weighted by Crippen LogP contribution is 2.26. The number of aliphatic hydroxyl groups excluding tert-OH is 1. The maximum absolute atomic E-state index is 12.2. The quantitative estimate of drug-likeness (QED) is 0.760. The van der Waals surface area contributed by atoms with Crippen molar-refractivity contribution in [2.24, 2.45) is 5.41 Å². The number of amides is 2. The van der Waals surface area contributed by atoms with Crippen molar-refractivity contribution in [3.8, 4) is 6.07 Å². The van der Waals surface area contributed by atoms with Gasteiger partial charge in [0.05, 0.1) is 0 Å². The highest BCUT2D eigenvalue weighted by atomic mass is 16.3. The predicted octanol–water partition coefficient (Wildman–Crippen LogP) is 0.797. The van der Waals surface area contributed by atoms with Gasteiger partial charge in [-0.2, -0.15) is 5.26 Å². The summed E-state index contributed by atoms with van der Waals surface area (Å²) in [7, 11) is 1.42. The molecule has 1 heterocycles. The van der Waals surface area contributed by atoms with E-state index >= 15 is 0 Å². The Balaban J connectivity index is 3.12. The van der Waals surface area contributed by atoms with Crippen molar-refractivity contribution in [2.75, 3.05) is 7.05 Å². The van der Waals surface area contributed by atoms with E-state index in [0.717, 1.165) is 10.0 Å². The molecular formula is C13H19N3O3. The third-order valence-corrected chi connectivity index (χ3v) is 2.99. The van der Waals surface area contributed by atoms with Crippen LogP contribution < -0.4 is 0 Å². The number of rotatable bonds is 1. The molecule has 1 atom stereocenters. The zero-order valence-corrected chi connectivity index (χ0v) is 11.9. The van der Waals surface area contributed by atoms with E-state index in [1.165, 1.54) is 7.05 Å². The standard InChI is InChI=1S/C13H19N3O3/c1-8-6-10(17)16(11(18)9(8)7-14)15(5)12(19)13(2,3)4/h10,17H,6H2,1-5H3. The highest BCUT2D eigenvalue weighted by Gasteiger charge is 2.39. The molecule has 1 N–H and O–H groups in total. The molecular weight excluding hydrogens is 246 g/mol. The minimum Gasteiger partial charge on any atom is -0.371 e. The van der Waals surface area contributed by atoms with Gasteiger partial charge in [-0.15, -0.1) is 0 Å². The molecule has 0 spiro atoms. The summed E-state index contributed by atoms with van der Waals surface area (Å²) in [6.07, 6.45) is -0.961. The van der Waals surface area contributed by atoms with Crippen molar-refractivity contribution in [3.63, 3.8) is 0 Å². The minimum absolute atomic E-state index is 0.0149. The molecule has 0 radical (unpaired) electrons. The summed E-state index contributed by atoms with van der Waals surface area (Å²) >= 11 is 0. The van der Waals surface area contributed by atoms with Crippen LogP contribution >= 0.6 is 0 Å². The number of aliphatic hydroxyl groups is 1. The lowest BCUT2D eigenvalue weighted by molar-refractivity contribution is -0.185. The van der Waals surface area contributed by atoms with Crippen LogP contribution in [0.3, 0.4) is 0 Å². The second-order valence-electron chi connectivity index (χ2n) is 5.68. The van der Waals surface area contributed by atoms with Crippen molar-refractivity contribution in [1.82, 2.24) is 10.0 Å². The first-order valence-electron chi connectivity index (χ1n) is 6.00. The normalized spacial score (nSPS) is 20.4. The fourth-order valence-electron chi connectivity index (χ4n) is 1.96. The number of nitriles is 1. The van der Waals surface area contributed by atoms with Crippen molar-refractivity contribution in [1.29, 1.82) is 5.26 Å². The first kappa shape index (κ1) is 15.2. The summed E-state index contributed by atoms with van der Waals surface area (Å²) in [5, 5.41) is 21.0. The molecule has 1 unspecified atom stereocenters. The topological polar surface area (TPSA) is 84.6 Å². The molecule has 104 valence electrons. The molecule has 19 heavy (non-hydrogen) atoms. The van der Waals surface area contributed by atoms with Gasteiger partial charge in [0.1, 0.15) is 11.6 Å². The van der Waals surface area contributed by atoms with E-state index in [2.05, 4.69) is 0 Å². The summed E-state index contributed by atoms with van der Waals surface area (Å²) < 4.78 is 0. The second-order valence-corrected chi connectivity index (χ2v) is 5.68. The van der Waals surface area contributed by atoms with E-state index < -0.39 is 17.6 Å². The van der Waals surface area contributed by atoms with Crippen LogP contribution in [0, 0.1) is 16.7 Å². The molecule has 1 rings (SSSR count). The van der Waals surface area contributed by atoms with E-state index in [9.17, 15) is 14.7 Å². The Bertz CT molecular complexity index is 482.